The molecule has 0 aliphatic heterocycles. The van der Waals surface area contributed by atoms with Crippen molar-refractivity contribution in [1.29, 1.82) is 0 Å². The smallest absolute Gasteiger partial charge is 0.335 e. The third-order valence-corrected chi connectivity index (χ3v) is 2.96. The summed E-state index contributed by atoms with van der Waals surface area (Å²) in [6.07, 6.45) is -0.597. The van der Waals surface area contributed by atoms with E-state index in [1.807, 2.05) is 18.2 Å². The van der Waals surface area contributed by atoms with Crippen LogP contribution in [0.4, 0.5) is 0 Å². The molecule has 20 heavy (non-hydrogen) atoms. The van der Waals surface area contributed by atoms with Gasteiger partial charge in [-0.25, -0.2) is 4.79 Å². The van der Waals surface area contributed by atoms with Gasteiger partial charge in [-0.05, 0) is 30.7 Å². The zero-order valence-corrected chi connectivity index (χ0v) is 11.1. The molecule has 1 unspecified atom stereocenters. The van der Waals surface area contributed by atoms with E-state index in [9.17, 15) is 9.90 Å². The molecule has 1 atom stereocenters. The molecule has 2 N–H and O–H groups in total. The molecule has 0 aliphatic carbocycles. The highest BCUT2D eigenvalue weighted by molar-refractivity contribution is 5.87. The molecule has 0 aliphatic rings. The van der Waals surface area contributed by atoms with E-state index in [0.29, 0.717) is 12.4 Å². The van der Waals surface area contributed by atoms with Crippen LogP contribution in [-0.2, 0) is 6.61 Å². The summed E-state index contributed by atoms with van der Waals surface area (Å²) >= 11 is 0. The number of aliphatic hydroxyl groups excluding tert-OH is 1. The van der Waals surface area contributed by atoms with Crippen molar-refractivity contribution in [2.45, 2.75) is 19.6 Å². The average molecular weight is 272 g/mol. The van der Waals surface area contributed by atoms with E-state index in [4.69, 9.17) is 9.84 Å². The molecule has 2 aromatic carbocycles. The fourth-order valence-electron chi connectivity index (χ4n) is 1.86. The number of aliphatic hydroxyl groups is 1. The van der Waals surface area contributed by atoms with Crippen molar-refractivity contribution in [3.8, 4) is 5.75 Å². The number of benzene rings is 2. The van der Waals surface area contributed by atoms with Gasteiger partial charge in [-0.3, -0.25) is 0 Å². The van der Waals surface area contributed by atoms with Gasteiger partial charge in [-0.1, -0.05) is 30.3 Å². The van der Waals surface area contributed by atoms with Crippen molar-refractivity contribution in [3.63, 3.8) is 0 Å². The monoisotopic (exact) mass is 272 g/mol. The second kappa shape index (κ2) is 6.21. The fourth-order valence-corrected chi connectivity index (χ4v) is 1.86. The zero-order chi connectivity index (χ0) is 14.5. The Morgan fingerprint density at radius 1 is 1.15 bits per heavy atom. The third kappa shape index (κ3) is 3.36. The number of hydrogen-bond donors (Lipinski definition) is 2. The Balaban J connectivity index is 2.07. The highest BCUT2D eigenvalue weighted by atomic mass is 16.5. The van der Waals surface area contributed by atoms with Crippen LogP contribution in [0, 0.1) is 0 Å². The van der Waals surface area contributed by atoms with E-state index in [-0.39, 0.29) is 5.56 Å². The Bertz CT molecular complexity index is 588. The molecule has 0 fully saturated rings. The molecule has 0 radical (unpaired) electrons. The lowest BCUT2D eigenvalue weighted by Gasteiger charge is -2.13. The van der Waals surface area contributed by atoms with E-state index in [0.717, 1.165) is 11.1 Å². The van der Waals surface area contributed by atoms with Gasteiger partial charge >= 0.3 is 5.97 Å². The van der Waals surface area contributed by atoms with Crippen LogP contribution in [0.25, 0.3) is 0 Å². The second-order valence-electron chi connectivity index (χ2n) is 4.50. The Hall–Kier alpha value is -2.33. The lowest BCUT2D eigenvalue weighted by Crippen LogP contribution is -2.01. The first-order valence-corrected chi connectivity index (χ1v) is 6.30. The number of hydrogen-bond acceptors (Lipinski definition) is 3. The molecule has 0 saturated carbocycles. The SMILES string of the molecule is CC(O)c1ccccc1OCc1ccc(C(=O)O)cc1. The zero-order valence-electron chi connectivity index (χ0n) is 11.1. The van der Waals surface area contributed by atoms with Crippen LogP contribution >= 0.6 is 0 Å². The van der Waals surface area contributed by atoms with E-state index in [1.165, 1.54) is 0 Å². The first-order valence-electron chi connectivity index (χ1n) is 6.30. The molecule has 0 saturated heterocycles. The molecular formula is C16H16O4. The maximum Gasteiger partial charge on any atom is 0.335 e. The minimum Gasteiger partial charge on any atom is -0.489 e. The van der Waals surface area contributed by atoms with E-state index in [1.54, 1.807) is 37.3 Å². The van der Waals surface area contributed by atoms with Crippen molar-refractivity contribution in [2.24, 2.45) is 0 Å². The average Bonchev–Trinajstić information content (AvgIpc) is 2.45. The van der Waals surface area contributed by atoms with Crippen molar-refractivity contribution in [1.82, 2.24) is 0 Å². The van der Waals surface area contributed by atoms with Crippen molar-refractivity contribution in [2.75, 3.05) is 0 Å². The van der Waals surface area contributed by atoms with E-state index >= 15 is 0 Å². The van der Waals surface area contributed by atoms with Gasteiger partial charge in [-0.15, -0.1) is 0 Å². The van der Waals surface area contributed by atoms with Gasteiger partial charge in [0.1, 0.15) is 12.4 Å². The lowest BCUT2D eigenvalue weighted by molar-refractivity contribution is 0.0697. The molecule has 2 aromatic rings. The number of ether oxygens (including phenoxy) is 1. The van der Waals surface area contributed by atoms with Gasteiger partial charge in [-0.2, -0.15) is 0 Å². The van der Waals surface area contributed by atoms with Crippen LogP contribution < -0.4 is 4.74 Å². The predicted octanol–water partition coefficient (Wildman–Crippen LogP) is 3.02. The largest absolute Gasteiger partial charge is 0.489 e. The number of rotatable bonds is 5. The molecule has 0 heterocycles. The molecular weight excluding hydrogens is 256 g/mol. The predicted molar refractivity (Wildman–Crippen MR) is 74.8 cm³/mol. The first-order chi connectivity index (χ1) is 9.58. The van der Waals surface area contributed by atoms with Gasteiger partial charge in [0.25, 0.3) is 0 Å². The van der Waals surface area contributed by atoms with Crippen LogP contribution in [0.1, 0.15) is 34.5 Å². The molecule has 0 bridgehead atoms. The minimum atomic E-state index is -0.947. The molecule has 4 heteroatoms. The maximum absolute atomic E-state index is 10.8. The van der Waals surface area contributed by atoms with Crippen molar-refractivity contribution < 1.29 is 19.7 Å². The highest BCUT2D eigenvalue weighted by Gasteiger charge is 2.08. The molecule has 104 valence electrons. The normalized spacial score (nSPS) is 11.9. The number of carboxylic acid groups (broad SMARTS) is 1. The summed E-state index contributed by atoms with van der Waals surface area (Å²) in [6, 6.07) is 13.8. The molecule has 0 aromatic heterocycles. The highest BCUT2D eigenvalue weighted by Crippen LogP contribution is 2.25. The van der Waals surface area contributed by atoms with Gasteiger partial charge in [0.05, 0.1) is 11.7 Å². The summed E-state index contributed by atoms with van der Waals surface area (Å²) in [4.78, 5) is 10.8. The van der Waals surface area contributed by atoms with E-state index < -0.39 is 12.1 Å². The summed E-state index contributed by atoms with van der Waals surface area (Å²) in [5, 5.41) is 18.5. The fraction of sp³-hybridized carbons (Fsp3) is 0.188. The molecule has 0 spiro atoms. The van der Waals surface area contributed by atoms with Crippen LogP contribution in [0.15, 0.2) is 48.5 Å². The first kappa shape index (κ1) is 14.1. The van der Waals surface area contributed by atoms with Gasteiger partial charge in [0, 0.05) is 5.56 Å². The number of aromatic carboxylic acids is 1. The number of para-hydroxylation sites is 1. The van der Waals surface area contributed by atoms with Crippen LogP contribution in [0.3, 0.4) is 0 Å². The topological polar surface area (TPSA) is 66.8 Å². The molecule has 2 rings (SSSR count). The number of carbonyl (C=O) groups is 1. The van der Waals surface area contributed by atoms with Crippen LogP contribution in [0.2, 0.25) is 0 Å². The summed E-state index contributed by atoms with van der Waals surface area (Å²) in [6.45, 7) is 2.01. The van der Waals surface area contributed by atoms with Crippen molar-refractivity contribution >= 4 is 5.97 Å². The standard InChI is InChI=1S/C16H16O4/c1-11(17)14-4-2-3-5-15(14)20-10-12-6-8-13(9-7-12)16(18)19/h2-9,11,17H,10H2,1H3,(H,18,19). The lowest BCUT2D eigenvalue weighted by atomic mass is 10.1. The summed E-state index contributed by atoms with van der Waals surface area (Å²) < 4.78 is 5.68. The van der Waals surface area contributed by atoms with Gasteiger partial charge in [0.2, 0.25) is 0 Å². The van der Waals surface area contributed by atoms with Crippen LogP contribution in [0.5, 0.6) is 5.75 Å². The molecule has 4 nitrogen and oxygen atoms in total. The number of carboxylic acids is 1. The van der Waals surface area contributed by atoms with Crippen molar-refractivity contribution in [3.05, 3.63) is 65.2 Å². The minimum absolute atomic E-state index is 0.248. The Morgan fingerprint density at radius 3 is 2.40 bits per heavy atom. The van der Waals surface area contributed by atoms with Gasteiger partial charge in [0.15, 0.2) is 0 Å². The Kier molecular flexibility index (Phi) is 4.38. The Morgan fingerprint density at radius 2 is 1.80 bits per heavy atom. The second-order valence-corrected chi connectivity index (χ2v) is 4.50. The summed E-state index contributed by atoms with van der Waals surface area (Å²) in [5.41, 5.74) is 1.85. The van der Waals surface area contributed by atoms with E-state index in [2.05, 4.69) is 0 Å². The summed E-state index contributed by atoms with van der Waals surface area (Å²) in [5.74, 6) is -0.318. The quantitative estimate of drug-likeness (QED) is 0.878. The Labute approximate surface area is 117 Å². The van der Waals surface area contributed by atoms with Gasteiger partial charge < -0.3 is 14.9 Å². The third-order valence-electron chi connectivity index (χ3n) is 2.96. The maximum atomic E-state index is 10.8. The molecule has 0 amide bonds. The summed E-state index contributed by atoms with van der Waals surface area (Å²) in [7, 11) is 0. The van der Waals surface area contributed by atoms with Crippen LogP contribution in [-0.4, -0.2) is 16.2 Å².